The van der Waals surface area contributed by atoms with Crippen LogP contribution >= 0.6 is 0 Å². The van der Waals surface area contributed by atoms with Crippen molar-refractivity contribution < 1.29 is 13.2 Å². The van der Waals surface area contributed by atoms with Gasteiger partial charge in [0, 0.05) is 30.7 Å². The lowest BCUT2D eigenvalue weighted by molar-refractivity contribution is 0.397. The van der Waals surface area contributed by atoms with Crippen molar-refractivity contribution in [3.05, 3.63) is 59.3 Å². The van der Waals surface area contributed by atoms with E-state index in [9.17, 15) is 8.42 Å². The highest BCUT2D eigenvalue weighted by molar-refractivity contribution is 7.89. The molecule has 1 aromatic heterocycles. The fraction of sp³-hybridized carbons (Fsp3) is 0.300. The molecule has 2 aromatic carbocycles. The zero-order chi connectivity index (χ0) is 18.9. The molecule has 138 valence electrons. The number of rotatable bonds is 6. The fourth-order valence-corrected chi connectivity index (χ4v) is 4.42. The average molecular weight is 372 g/mol. The third-order valence-corrected chi connectivity index (χ3v) is 6.72. The Morgan fingerprint density at radius 3 is 2.54 bits per heavy atom. The maximum absolute atomic E-state index is 13.0. The Morgan fingerprint density at radius 1 is 1.12 bits per heavy atom. The number of ether oxygens (including phenoxy) is 1. The largest absolute Gasteiger partial charge is 0.495 e. The Hall–Kier alpha value is -2.31. The topological polar surface area (TPSA) is 62.4 Å². The van der Waals surface area contributed by atoms with Crippen molar-refractivity contribution >= 4 is 20.9 Å². The molecular formula is C20H24N2O3S. The molecule has 6 heteroatoms. The standard InChI is InChI=1S/C20H24N2O3S/c1-14-11-19(25-4)20(12-15(14)2)26(23,24)22(3)10-9-16-13-21-18-8-6-5-7-17(16)18/h5-8,11-13,21H,9-10H2,1-4H3. The molecular weight excluding hydrogens is 348 g/mol. The van der Waals surface area contributed by atoms with E-state index in [-0.39, 0.29) is 4.90 Å². The van der Waals surface area contributed by atoms with Crippen LogP contribution < -0.4 is 4.74 Å². The highest BCUT2D eigenvalue weighted by Crippen LogP contribution is 2.29. The van der Waals surface area contributed by atoms with Crippen molar-refractivity contribution in [1.82, 2.24) is 9.29 Å². The molecule has 0 atom stereocenters. The summed E-state index contributed by atoms with van der Waals surface area (Å²) in [6, 6.07) is 11.5. The van der Waals surface area contributed by atoms with Crippen LogP contribution in [0.4, 0.5) is 0 Å². The predicted molar refractivity (Wildman–Crippen MR) is 104 cm³/mol. The summed E-state index contributed by atoms with van der Waals surface area (Å²) in [5.74, 6) is 0.382. The lowest BCUT2D eigenvalue weighted by Crippen LogP contribution is -2.29. The number of para-hydroxylation sites is 1. The van der Waals surface area contributed by atoms with E-state index >= 15 is 0 Å². The van der Waals surface area contributed by atoms with Gasteiger partial charge in [0.25, 0.3) is 0 Å². The predicted octanol–water partition coefficient (Wildman–Crippen LogP) is 3.66. The summed E-state index contributed by atoms with van der Waals surface area (Å²) in [5, 5.41) is 1.13. The molecule has 0 fully saturated rings. The Bertz CT molecular complexity index is 1040. The van der Waals surface area contributed by atoms with Gasteiger partial charge in [0.2, 0.25) is 10.0 Å². The molecule has 3 aromatic rings. The number of benzene rings is 2. The van der Waals surface area contributed by atoms with Gasteiger partial charge in [-0.25, -0.2) is 12.7 Å². The molecule has 0 amide bonds. The number of H-pyrrole nitrogens is 1. The number of aromatic amines is 1. The van der Waals surface area contributed by atoms with E-state index in [0.29, 0.717) is 18.7 Å². The van der Waals surface area contributed by atoms with E-state index in [0.717, 1.165) is 27.6 Å². The van der Waals surface area contributed by atoms with Gasteiger partial charge in [-0.3, -0.25) is 0 Å². The fourth-order valence-electron chi connectivity index (χ4n) is 3.03. The van der Waals surface area contributed by atoms with Crippen molar-refractivity contribution in [3.63, 3.8) is 0 Å². The number of aryl methyl sites for hydroxylation is 2. The van der Waals surface area contributed by atoms with Crippen LogP contribution in [0.1, 0.15) is 16.7 Å². The zero-order valence-corrected chi connectivity index (χ0v) is 16.4. The molecule has 26 heavy (non-hydrogen) atoms. The van der Waals surface area contributed by atoms with Crippen LogP contribution in [0.25, 0.3) is 10.9 Å². The number of nitrogens with one attached hydrogen (secondary N) is 1. The van der Waals surface area contributed by atoms with E-state index in [1.165, 1.54) is 11.4 Å². The molecule has 0 aliphatic heterocycles. The Kier molecular flexibility index (Phi) is 5.07. The van der Waals surface area contributed by atoms with E-state index in [1.54, 1.807) is 19.2 Å². The van der Waals surface area contributed by atoms with E-state index < -0.39 is 10.0 Å². The first kappa shape index (κ1) is 18.5. The minimum Gasteiger partial charge on any atom is -0.495 e. The summed E-state index contributed by atoms with van der Waals surface area (Å²) in [7, 11) is -0.524. The minimum absolute atomic E-state index is 0.213. The maximum Gasteiger partial charge on any atom is 0.246 e. The summed E-state index contributed by atoms with van der Waals surface area (Å²) in [5.41, 5.74) is 4.09. The van der Waals surface area contributed by atoms with Gasteiger partial charge >= 0.3 is 0 Å². The number of nitrogens with zero attached hydrogens (tertiary/aromatic N) is 1. The number of methoxy groups -OCH3 is 1. The van der Waals surface area contributed by atoms with Gasteiger partial charge in [0.05, 0.1) is 7.11 Å². The Morgan fingerprint density at radius 2 is 1.81 bits per heavy atom. The first-order valence-corrected chi connectivity index (χ1v) is 9.95. The second kappa shape index (κ2) is 7.13. The number of sulfonamides is 1. The molecule has 0 saturated heterocycles. The normalized spacial score (nSPS) is 12.0. The molecule has 0 unspecified atom stereocenters. The summed E-state index contributed by atoms with van der Waals surface area (Å²) in [6.07, 6.45) is 2.58. The smallest absolute Gasteiger partial charge is 0.246 e. The van der Waals surface area contributed by atoms with Crippen LogP contribution in [-0.4, -0.2) is 38.4 Å². The first-order chi connectivity index (χ1) is 12.3. The van der Waals surface area contributed by atoms with Crippen LogP contribution in [-0.2, 0) is 16.4 Å². The van der Waals surface area contributed by atoms with Gasteiger partial charge in [0.15, 0.2) is 0 Å². The van der Waals surface area contributed by atoms with Gasteiger partial charge in [-0.05, 0) is 55.2 Å². The molecule has 0 aliphatic carbocycles. The van der Waals surface area contributed by atoms with Crippen molar-refractivity contribution in [2.45, 2.75) is 25.2 Å². The number of likely N-dealkylation sites (N-methyl/N-ethyl adjacent to an activating group) is 1. The zero-order valence-electron chi connectivity index (χ0n) is 15.5. The lowest BCUT2D eigenvalue weighted by Gasteiger charge is -2.20. The van der Waals surface area contributed by atoms with E-state index in [4.69, 9.17) is 4.74 Å². The molecule has 1 heterocycles. The number of hydrogen-bond donors (Lipinski definition) is 1. The van der Waals surface area contributed by atoms with Gasteiger partial charge < -0.3 is 9.72 Å². The van der Waals surface area contributed by atoms with Crippen molar-refractivity contribution in [2.75, 3.05) is 20.7 Å². The molecule has 5 nitrogen and oxygen atoms in total. The van der Waals surface area contributed by atoms with E-state index in [1.807, 2.05) is 44.3 Å². The maximum atomic E-state index is 13.0. The average Bonchev–Trinajstić information content (AvgIpc) is 3.04. The molecule has 3 rings (SSSR count). The second-order valence-electron chi connectivity index (χ2n) is 6.52. The van der Waals surface area contributed by atoms with E-state index in [2.05, 4.69) is 4.98 Å². The highest BCUT2D eigenvalue weighted by atomic mass is 32.2. The first-order valence-electron chi connectivity index (χ1n) is 8.51. The molecule has 0 aliphatic rings. The summed E-state index contributed by atoms with van der Waals surface area (Å²) < 4.78 is 32.8. The number of hydrogen-bond acceptors (Lipinski definition) is 3. The van der Waals surface area contributed by atoms with Crippen molar-refractivity contribution in [3.8, 4) is 5.75 Å². The van der Waals surface area contributed by atoms with Crippen molar-refractivity contribution in [2.24, 2.45) is 0 Å². The van der Waals surface area contributed by atoms with Crippen LogP contribution in [0.2, 0.25) is 0 Å². The van der Waals surface area contributed by atoms with Gasteiger partial charge in [-0.2, -0.15) is 0 Å². The number of aromatic nitrogens is 1. The molecule has 0 radical (unpaired) electrons. The van der Waals surface area contributed by atoms with Crippen molar-refractivity contribution in [1.29, 1.82) is 0 Å². The quantitative estimate of drug-likeness (QED) is 0.718. The third kappa shape index (κ3) is 3.34. The van der Waals surface area contributed by atoms with Crippen LogP contribution in [0.3, 0.4) is 0 Å². The molecule has 0 saturated carbocycles. The Balaban J connectivity index is 1.85. The SMILES string of the molecule is COc1cc(C)c(C)cc1S(=O)(=O)N(C)CCc1c[nH]c2ccccc12. The third-order valence-electron chi connectivity index (χ3n) is 4.84. The van der Waals surface area contributed by atoms with Gasteiger partial charge in [-0.1, -0.05) is 18.2 Å². The van der Waals surface area contributed by atoms with Crippen LogP contribution in [0, 0.1) is 13.8 Å². The highest BCUT2D eigenvalue weighted by Gasteiger charge is 2.25. The summed E-state index contributed by atoms with van der Waals surface area (Å²) in [6.45, 7) is 4.23. The number of fused-ring (bicyclic) bond motifs is 1. The molecule has 0 spiro atoms. The van der Waals surface area contributed by atoms with Crippen LogP contribution in [0.15, 0.2) is 47.5 Å². The summed E-state index contributed by atoms with van der Waals surface area (Å²) in [4.78, 5) is 3.44. The summed E-state index contributed by atoms with van der Waals surface area (Å²) >= 11 is 0. The van der Waals surface area contributed by atoms with Gasteiger partial charge in [-0.15, -0.1) is 0 Å². The second-order valence-corrected chi connectivity index (χ2v) is 8.54. The van der Waals surface area contributed by atoms with Crippen LogP contribution in [0.5, 0.6) is 5.75 Å². The molecule has 0 bridgehead atoms. The molecule has 1 N–H and O–H groups in total. The minimum atomic E-state index is -3.63. The Labute approximate surface area is 154 Å². The van der Waals surface area contributed by atoms with Gasteiger partial charge in [0.1, 0.15) is 10.6 Å². The lowest BCUT2D eigenvalue weighted by atomic mass is 10.1. The monoisotopic (exact) mass is 372 g/mol.